The summed E-state index contributed by atoms with van der Waals surface area (Å²) < 4.78 is 7.65. The summed E-state index contributed by atoms with van der Waals surface area (Å²) in [4.78, 5) is 13.1. The summed E-state index contributed by atoms with van der Waals surface area (Å²) in [7, 11) is 0. The highest BCUT2D eigenvalue weighted by molar-refractivity contribution is 6.02. The zero-order valence-corrected chi connectivity index (χ0v) is 22.0. The lowest BCUT2D eigenvalue weighted by molar-refractivity contribution is -0.117. The van der Waals surface area contributed by atoms with Crippen molar-refractivity contribution in [3.8, 4) is 28.8 Å². The van der Waals surface area contributed by atoms with Gasteiger partial charge in [-0.1, -0.05) is 61.9 Å². The number of benzene rings is 3. The Morgan fingerprint density at radius 3 is 2.47 bits per heavy atom. The van der Waals surface area contributed by atoms with Crippen LogP contribution in [0, 0.1) is 18.3 Å². The summed E-state index contributed by atoms with van der Waals surface area (Å²) in [6, 6.07) is 27.2. The third kappa shape index (κ3) is 6.37. The highest BCUT2D eigenvalue weighted by Gasteiger charge is 2.18. The molecule has 1 atom stereocenters. The van der Waals surface area contributed by atoms with Gasteiger partial charge in [-0.25, -0.2) is 4.68 Å². The van der Waals surface area contributed by atoms with Crippen molar-refractivity contribution in [1.82, 2.24) is 15.1 Å². The zero-order chi connectivity index (χ0) is 26.9. The number of ether oxygens (including phenoxy) is 1. The summed E-state index contributed by atoms with van der Waals surface area (Å²) >= 11 is 0. The van der Waals surface area contributed by atoms with Crippen molar-refractivity contribution < 1.29 is 9.53 Å². The lowest BCUT2D eigenvalue weighted by atomic mass is 10.0. The van der Waals surface area contributed by atoms with E-state index in [-0.39, 0.29) is 11.6 Å². The number of hydrogen-bond donors (Lipinski definition) is 1. The number of carbonyl (C=O) groups is 1. The first kappa shape index (κ1) is 26.4. The van der Waals surface area contributed by atoms with Crippen molar-refractivity contribution in [3.05, 3.63) is 107 Å². The molecule has 0 bridgehead atoms. The van der Waals surface area contributed by atoms with Crippen LogP contribution in [0.4, 0.5) is 0 Å². The Bertz CT molecular complexity index is 1450. The van der Waals surface area contributed by atoms with Crippen molar-refractivity contribution in [1.29, 1.82) is 5.26 Å². The van der Waals surface area contributed by atoms with Crippen LogP contribution in [0.15, 0.2) is 90.6 Å². The van der Waals surface area contributed by atoms with Gasteiger partial charge < -0.3 is 10.1 Å². The smallest absolute Gasteiger partial charge is 0.262 e. The molecule has 0 radical (unpaired) electrons. The molecule has 0 saturated heterocycles. The van der Waals surface area contributed by atoms with Crippen molar-refractivity contribution >= 4 is 12.0 Å². The third-order valence-electron chi connectivity index (χ3n) is 6.29. The summed E-state index contributed by atoms with van der Waals surface area (Å²) in [5.41, 5.74) is 5.12. The van der Waals surface area contributed by atoms with E-state index in [1.165, 1.54) is 0 Å². The number of nitrogens with one attached hydrogen (secondary N) is 1. The van der Waals surface area contributed by atoms with E-state index in [9.17, 15) is 10.1 Å². The fraction of sp³-hybridized carbons (Fsp3) is 0.219. The van der Waals surface area contributed by atoms with Gasteiger partial charge in [0, 0.05) is 17.3 Å². The number of amides is 1. The quantitative estimate of drug-likeness (QED) is 0.146. The molecule has 0 spiro atoms. The molecule has 6 heteroatoms. The van der Waals surface area contributed by atoms with Crippen LogP contribution in [-0.2, 0) is 4.79 Å². The molecule has 4 aromatic rings. The molecule has 0 saturated carbocycles. The molecule has 192 valence electrons. The molecule has 0 aliphatic heterocycles. The predicted octanol–water partition coefficient (Wildman–Crippen LogP) is 6.81. The average Bonchev–Trinajstić information content (AvgIpc) is 3.36. The summed E-state index contributed by atoms with van der Waals surface area (Å²) in [6.45, 7) is 6.72. The summed E-state index contributed by atoms with van der Waals surface area (Å²) in [5.74, 6) is 0.380. The maximum absolute atomic E-state index is 13.1. The van der Waals surface area contributed by atoms with Gasteiger partial charge in [-0.05, 0) is 67.8 Å². The van der Waals surface area contributed by atoms with E-state index < -0.39 is 5.91 Å². The van der Waals surface area contributed by atoms with E-state index in [2.05, 4.69) is 18.3 Å². The molecule has 4 rings (SSSR count). The van der Waals surface area contributed by atoms with Crippen LogP contribution < -0.4 is 10.1 Å². The number of carbonyl (C=O) groups excluding carboxylic acids is 1. The second kappa shape index (κ2) is 12.6. The number of nitriles is 1. The molecule has 0 aliphatic carbocycles. The summed E-state index contributed by atoms with van der Waals surface area (Å²) in [6.07, 6.45) is 5.53. The fourth-order valence-electron chi connectivity index (χ4n) is 4.14. The molecular formula is C32H32N4O2. The molecule has 1 amide bonds. The lowest BCUT2D eigenvalue weighted by Crippen LogP contribution is -2.27. The van der Waals surface area contributed by atoms with Crippen LogP contribution >= 0.6 is 0 Å². The Kier molecular flexibility index (Phi) is 8.73. The summed E-state index contributed by atoms with van der Waals surface area (Å²) in [5, 5.41) is 17.7. The first-order valence-electron chi connectivity index (χ1n) is 12.9. The van der Waals surface area contributed by atoms with E-state index in [1.54, 1.807) is 10.8 Å². The van der Waals surface area contributed by atoms with E-state index in [0.717, 1.165) is 41.0 Å². The highest BCUT2D eigenvalue weighted by Crippen LogP contribution is 2.31. The largest absolute Gasteiger partial charge is 0.494 e. The van der Waals surface area contributed by atoms with Crippen LogP contribution in [0.25, 0.3) is 23.0 Å². The Labute approximate surface area is 224 Å². The topological polar surface area (TPSA) is 79.9 Å². The number of hydrogen-bond acceptors (Lipinski definition) is 4. The molecule has 1 heterocycles. The highest BCUT2D eigenvalue weighted by atomic mass is 16.5. The molecule has 6 nitrogen and oxygen atoms in total. The molecule has 3 aromatic carbocycles. The van der Waals surface area contributed by atoms with Gasteiger partial charge in [0.05, 0.1) is 18.3 Å². The minimum absolute atomic E-state index is 0.0128. The Morgan fingerprint density at radius 2 is 1.82 bits per heavy atom. The second-order valence-electron chi connectivity index (χ2n) is 9.17. The standard InChI is InChI=1S/C32H32N4O2/c1-4-5-18-38-29-16-17-30(23(2)19-29)31-27(22-36(35-31)28-14-10-7-11-15-28)20-26(21-33)32(37)34-24(3)25-12-8-6-9-13-25/h6-17,19-20,22,24H,4-5,18H2,1-3H3,(H,34,37)/b26-20+. The first-order valence-corrected chi connectivity index (χ1v) is 12.9. The van der Waals surface area contributed by atoms with Crippen molar-refractivity contribution in [2.75, 3.05) is 6.61 Å². The van der Waals surface area contributed by atoms with E-state index in [0.29, 0.717) is 17.9 Å². The van der Waals surface area contributed by atoms with Gasteiger partial charge in [-0.15, -0.1) is 0 Å². The fourth-order valence-corrected chi connectivity index (χ4v) is 4.14. The normalized spacial score (nSPS) is 12.0. The number of unbranched alkanes of at least 4 members (excludes halogenated alkanes) is 1. The number of nitrogens with zero attached hydrogens (tertiary/aromatic N) is 3. The number of para-hydroxylation sites is 1. The molecule has 1 aromatic heterocycles. The van der Waals surface area contributed by atoms with Crippen LogP contribution in [0.5, 0.6) is 5.75 Å². The van der Waals surface area contributed by atoms with Crippen LogP contribution in [0.3, 0.4) is 0 Å². The second-order valence-corrected chi connectivity index (χ2v) is 9.17. The minimum atomic E-state index is -0.432. The minimum Gasteiger partial charge on any atom is -0.494 e. The molecule has 1 unspecified atom stereocenters. The molecule has 0 fully saturated rings. The number of rotatable bonds is 10. The number of aryl methyl sites for hydroxylation is 1. The Hall–Kier alpha value is -4.63. The first-order chi connectivity index (χ1) is 18.5. The lowest BCUT2D eigenvalue weighted by Gasteiger charge is -2.13. The van der Waals surface area contributed by atoms with Gasteiger partial charge in [0.2, 0.25) is 0 Å². The molecule has 1 N–H and O–H groups in total. The average molecular weight is 505 g/mol. The van der Waals surface area contributed by atoms with Gasteiger partial charge in [-0.2, -0.15) is 10.4 Å². The van der Waals surface area contributed by atoms with E-state index in [1.807, 2.05) is 98.9 Å². The van der Waals surface area contributed by atoms with Gasteiger partial charge in [0.25, 0.3) is 5.91 Å². The predicted molar refractivity (Wildman–Crippen MR) is 151 cm³/mol. The van der Waals surface area contributed by atoms with Crippen molar-refractivity contribution in [2.24, 2.45) is 0 Å². The van der Waals surface area contributed by atoms with Crippen molar-refractivity contribution in [3.63, 3.8) is 0 Å². The van der Waals surface area contributed by atoms with E-state index in [4.69, 9.17) is 9.84 Å². The van der Waals surface area contributed by atoms with Crippen LogP contribution in [0.1, 0.15) is 49.4 Å². The SMILES string of the molecule is CCCCOc1ccc(-c2nn(-c3ccccc3)cc2/C=C(\C#N)C(=O)NC(C)c2ccccc2)c(C)c1. The maximum atomic E-state index is 13.1. The molecular weight excluding hydrogens is 472 g/mol. The van der Waals surface area contributed by atoms with Crippen molar-refractivity contribution in [2.45, 2.75) is 39.7 Å². The Balaban J connectivity index is 1.70. The van der Waals surface area contributed by atoms with Crippen LogP contribution in [0.2, 0.25) is 0 Å². The molecule has 38 heavy (non-hydrogen) atoms. The van der Waals surface area contributed by atoms with Gasteiger partial charge >= 0.3 is 0 Å². The Morgan fingerprint density at radius 1 is 1.11 bits per heavy atom. The third-order valence-corrected chi connectivity index (χ3v) is 6.29. The molecule has 0 aliphatic rings. The van der Waals surface area contributed by atoms with Gasteiger partial charge in [-0.3, -0.25) is 4.79 Å². The number of aromatic nitrogens is 2. The van der Waals surface area contributed by atoms with Crippen LogP contribution in [-0.4, -0.2) is 22.3 Å². The van der Waals surface area contributed by atoms with Gasteiger partial charge in [0.1, 0.15) is 23.1 Å². The monoisotopic (exact) mass is 504 g/mol. The maximum Gasteiger partial charge on any atom is 0.262 e. The van der Waals surface area contributed by atoms with E-state index >= 15 is 0 Å². The zero-order valence-electron chi connectivity index (χ0n) is 22.0. The van der Waals surface area contributed by atoms with Gasteiger partial charge in [0.15, 0.2) is 0 Å².